The number of nitrogens with zero attached hydrogens (tertiary/aromatic N) is 1. The average Bonchev–Trinajstić information content (AvgIpc) is 2.75. The predicted octanol–water partition coefficient (Wildman–Crippen LogP) is 5.84. The van der Waals surface area contributed by atoms with Gasteiger partial charge in [0.2, 0.25) is 15.9 Å². The minimum atomic E-state index is -4.51. The number of amides is 1. The van der Waals surface area contributed by atoms with E-state index in [0.717, 1.165) is 28.6 Å². The van der Waals surface area contributed by atoms with Crippen molar-refractivity contribution in [2.75, 3.05) is 11.9 Å². The predicted molar refractivity (Wildman–Crippen MR) is 121 cm³/mol. The Morgan fingerprint density at radius 3 is 1.88 bits per heavy atom. The lowest BCUT2D eigenvalue weighted by molar-refractivity contribution is -0.137. The Hall–Kier alpha value is -2.59. The molecular formula is C22H17Cl2F3N2O3S. The highest BCUT2D eigenvalue weighted by Gasteiger charge is 2.30. The third-order valence-corrected chi connectivity index (χ3v) is 6.85. The number of hydrogen-bond acceptors (Lipinski definition) is 3. The van der Waals surface area contributed by atoms with Crippen LogP contribution in [0.15, 0.2) is 77.7 Å². The number of alkyl halides is 3. The first-order chi connectivity index (χ1) is 15.4. The van der Waals surface area contributed by atoms with Crippen LogP contribution in [0, 0.1) is 0 Å². The highest BCUT2D eigenvalue weighted by molar-refractivity contribution is 7.89. The maximum atomic E-state index is 13.2. The van der Waals surface area contributed by atoms with Crippen molar-refractivity contribution >= 4 is 44.8 Å². The van der Waals surface area contributed by atoms with Gasteiger partial charge in [-0.3, -0.25) is 4.79 Å². The summed E-state index contributed by atoms with van der Waals surface area (Å²) in [6, 6.07) is 15.7. The molecule has 33 heavy (non-hydrogen) atoms. The second-order valence-electron chi connectivity index (χ2n) is 6.98. The molecule has 0 spiro atoms. The molecule has 0 saturated carbocycles. The smallest absolute Gasteiger partial charge is 0.325 e. The molecule has 0 aromatic heterocycles. The quantitative estimate of drug-likeness (QED) is 0.428. The van der Waals surface area contributed by atoms with Gasteiger partial charge in [-0.15, -0.1) is 0 Å². The van der Waals surface area contributed by atoms with Crippen LogP contribution in [0.3, 0.4) is 0 Å². The third kappa shape index (κ3) is 6.70. The Bertz CT molecular complexity index is 1220. The molecule has 5 nitrogen and oxygen atoms in total. The van der Waals surface area contributed by atoms with Crippen molar-refractivity contribution in [1.82, 2.24) is 4.31 Å². The summed E-state index contributed by atoms with van der Waals surface area (Å²) in [6.45, 7) is -0.711. The molecule has 3 rings (SSSR count). The number of nitrogens with one attached hydrogen (secondary N) is 1. The monoisotopic (exact) mass is 516 g/mol. The molecule has 3 aromatic carbocycles. The van der Waals surface area contributed by atoms with Crippen molar-refractivity contribution in [1.29, 1.82) is 0 Å². The van der Waals surface area contributed by atoms with Crippen LogP contribution < -0.4 is 5.32 Å². The van der Waals surface area contributed by atoms with Crippen LogP contribution in [0.4, 0.5) is 18.9 Å². The minimum absolute atomic E-state index is 0.0665. The summed E-state index contributed by atoms with van der Waals surface area (Å²) in [7, 11) is -4.11. The second kappa shape index (κ2) is 10.1. The van der Waals surface area contributed by atoms with Crippen LogP contribution in [-0.4, -0.2) is 25.2 Å². The number of anilines is 1. The number of hydrogen-bond donors (Lipinski definition) is 1. The van der Waals surface area contributed by atoms with Gasteiger partial charge in [-0.1, -0.05) is 35.3 Å². The molecule has 1 N–H and O–H groups in total. The minimum Gasteiger partial charge on any atom is -0.325 e. The van der Waals surface area contributed by atoms with E-state index in [1.54, 1.807) is 24.3 Å². The Balaban J connectivity index is 1.83. The summed E-state index contributed by atoms with van der Waals surface area (Å²) in [5.41, 5.74) is -0.183. The molecule has 11 heteroatoms. The van der Waals surface area contributed by atoms with Gasteiger partial charge < -0.3 is 5.32 Å². The molecule has 0 fully saturated rings. The highest BCUT2D eigenvalue weighted by atomic mass is 35.5. The fourth-order valence-electron chi connectivity index (χ4n) is 2.88. The van der Waals surface area contributed by atoms with Gasteiger partial charge in [-0.25, -0.2) is 8.42 Å². The van der Waals surface area contributed by atoms with Crippen molar-refractivity contribution in [3.05, 3.63) is 94.0 Å². The summed E-state index contributed by atoms with van der Waals surface area (Å²) in [5, 5.41) is 3.23. The van der Waals surface area contributed by atoms with E-state index < -0.39 is 34.2 Å². The SMILES string of the molecule is O=C(CN(Cc1ccc(Cl)cc1)S(=O)(=O)c1ccc(Cl)cc1)Nc1ccc(C(F)(F)F)cc1. The normalized spacial score (nSPS) is 12.1. The largest absolute Gasteiger partial charge is 0.416 e. The van der Waals surface area contributed by atoms with Crippen LogP contribution in [0.1, 0.15) is 11.1 Å². The van der Waals surface area contributed by atoms with Gasteiger partial charge in [-0.2, -0.15) is 17.5 Å². The Labute approximate surface area is 198 Å². The zero-order valence-corrected chi connectivity index (χ0v) is 19.1. The number of halogens is 5. The standard InChI is InChI=1S/C22H17Cl2F3N2O3S/c23-17-5-1-15(2-6-17)13-29(33(31,32)20-11-7-18(24)8-12-20)14-21(30)28-19-9-3-16(4-10-19)22(25,26)27/h1-12H,13-14H2,(H,28,30). The zero-order valence-electron chi connectivity index (χ0n) is 16.8. The van der Waals surface area contributed by atoms with Crippen molar-refractivity contribution in [3.8, 4) is 0 Å². The van der Waals surface area contributed by atoms with E-state index >= 15 is 0 Å². The summed E-state index contributed by atoms with van der Waals surface area (Å²) in [4.78, 5) is 12.5. The van der Waals surface area contributed by atoms with E-state index in [1.807, 2.05) is 0 Å². The Morgan fingerprint density at radius 2 is 1.36 bits per heavy atom. The van der Waals surface area contributed by atoms with E-state index in [9.17, 15) is 26.4 Å². The van der Waals surface area contributed by atoms with E-state index in [2.05, 4.69) is 5.32 Å². The summed E-state index contributed by atoms with van der Waals surface area (Å²) in [6.07, 6.45) is -4.51. The van der Waals surface area contributed by atoms with Crippen molar-refractivity contribution < 1.29 is 26.4 Å². The van der Waals surface area contributed by atoms with Gasteiger partial charge in [-0.05, 0) is 66.2 Å². The van der Waals surface area contributed by atoms with Crippen LogP contribution in [0.2, 0.25) is 10.0 Å². The van der Waals surface area contributed by atoms with Crippen LogP contribution in [0.25, 0.3) is 0 Å². The molecule has 0 heterocycles. The van der Waals surface area contributed by atoms with E-state index in [4.69, 9.17) is 23.2 Å². The lowest BCUT2D eigenvalue weighted by atomic mass is 10.2. The van der Waals surface area contributed by atoms with Crippen molar-refractivity contribution in [2.24, 2.45) is 0 Å². The van der Waals surface area contributed by atoms with Crippen molar-refractivity contribution in [2.45, 2.75) is 17.6 Å². The lowest BCUT2D eigenvalue weighted by Gasteiger charge is -2.22. The van der Waals surface area contributed by atoms with E-state index in [-0.39, 0.29) is 17.1 Å². The molecule has 0 unspecified atom stereocenters. The summed E-state index contributed by atoms with van der Waals surface area (Å²) >= 11 is 11.7. The maximum Gasteiger partial charge on any atom is 0.416 e. The Morgan fingerprint density at radius 1 is 0.848 bits per heavy atom. The molecule has 0 aliphatic carbocycles. The third-order valence-electron chi connectivity index (χ3n) is 4.54. The molecule has 0 aliphatic heterocycles. The van der Waals surface area contributed by atoms with Crippen LogP contribution in [-0.2, 0) is 27.5 Å². The van der Waals surface area contributed by atoms with E-state index in [0.29, 0.717) is 15.6 Å². The molecule has 0 bridgehead atoms. The van der Waals surface area contributed by atoms with Gasteiger partial charge in [0, 0.05) is 22.3 Å². The summed E-state index contributed by atoms with van der Waals surface area (Å²) in [5.74, 6) is -0.721. The van der Waals surface area contributed by atoms with Gasteiger partial charge in [0.25, 0.3) is 0 Å². The molecule has 174 valence electrons. The number of carbonyl (C=O) groups is 1. The van der Waals surface area contributed by atoms with Crippen molar-refractivity contribution in [3.63, 3.8) is 0 Å². The fraction of sp³-hybridized carbons (Fsp3) is 0.136. The van der Waals surface area contributed by atoms with E-state index in [1.165, 1.54) is 24.3 Å². The maximum absolute atomic E-state index is 13.2. The molecule has 0 aliphatic rings. The Kier molecular flexibility index (Phi) is 7.69. The van der Waals surface area contributed by atoms with Gasteiger partial charge in [0.15, 0.2) is 0 Å². The molecule has 0 radical (unpaired) electrons. The zero-order chi connectivity index (χ0) is 24.2. The number of carbonyl (C=O) groups excluding carboxylic acids is 1. The van der Waals surface area contributed by atoms with Gasteiger partial charge in [0.05, 0.1) is 17.0 Å². The highest BCUT2D eigenvalue weighted by Crippen LogP contribution is 2.30. The second-order valence-corrected chi connectivity index (χ2v) is 9.79. The first-order valence-corrected chi connectivity index (χ1v) is 11.6. The number of benzene rings is 3. The number of rotatable bonds is 7. The molecule has 0 saturated heterocycles. The van der Waals surface area contributed by atoms with Gasteiger partial charge in [0.1, 0.15) is 0 Å². The topological polar surface area (TPSA) is 66.5 Å². The fourth-order valence-corrected chi connectivity index (χ4v) is 4.51. The first-order valence-electron chi connectivity index (χ1n) is 9.42. The molecule has 1 amide bonds. The summed E-state index contributed by atoms with van der Waals surface area (Å²) < 4.78 is 65.6. The lowest BCUT2D eigenvalue weighted by Crippen LogP contribution is -2.37. The first kappa shape index (κ1) is 25.0. The average molecular weight is 517 g/mol. The number of sulfonamides is 1. The molecular weight excluding hydrogens is 500 g/mol. The van der Waals surface area contributed by atoms with Gasteiger partial charge >= 0.3 is 6.18 Å². The molecule has 0 atom stereocenters. The van der Waals surface area contributed by atoms with Crippen LogP contribution in [0.5, 0.6) is 0 Å². The molecule has 3 aromatic rings. The van der Waals surface area contributed by atoms with Crippen LogP contribution >= 0.6 is 23.2 Å².